The molecule has 1 saturated heterocycles. The molecule has 166 valence electrons. The quantitative estimate of drug-likeness (QED) is 0.274. The Morgan fingerprint density at radius 2 is 1.61 bits per heavy atom. The summed E-state index contributed by atoms with van der Waals surface area (Å²) in [5.41, 5.74) is 0.896. The molecule has 0 spiro atoms. The van der Waals surface area contributed by atoms with Crippen LogP contribution in [0.15, 0.2) is 83.8 Å². The molecule has 1 aliphatic rings. The van der Waals surface area contributed by atoms with Crippen molar-refractivity contribution in [3.8, 4) is 11.5 Å². The summed E-state index contributed by atoms with van der Waals surface area (Å²) in [4.78, 5) is 38.4. The minimum absolute atomic E-state index is 0.148. The molecule has 0 aliphatic carbocycles. The Morgan fingerprint density at radius 3 is 2.30 bits per heavy atom. The number of para-hydroxylation sites is 1. The first-order chi connectivity index (χ1) is 16.0. The lowest BCUT2D eigenvalue weighted by atomic mass is 10.2. The number of hydrogen-bond donors (Lipinski definition) is 0. The van der Waals surface area contributed by atoms with Gasteiger partial charge in [-0.3, -0.25) is 14.5 Å². The van der Waals surface area contributed by atoms with Gasteiger partial charge >= 0.3 is 5.97 Å². The predicted molar refractivity (Wildman–Crippen MR) is 122 cm³/mol. The molecular weight excluding hydrogens is 445 g/mol. The van der Waals surface area contributed by atoms with E-state index < -0.39 is 11.8 Å². The fourth-order valence-electron chi connectivity index (χ4n) is 3.00. The molecule has 33 heavy (non-hydrogen) atoms. The van der Waals surface area contributed by atoms with Gasteiger partial charge in [-0.1, -0.05) is 30.3 Å². The van der Waals surface area contributed by atoms with Crippen molar-refractivity contribution in [2.75, 3.05) is 13.2 Å². The lowest BCUT2D eigenvalue weighted by Crippen LogP contribution is -2.32. The maximum absolute atomic E-state index is 13.0. The largest absolute Gasteiger partial charge is 0.492 e. The van der Waals surface area contributed by atoms with Gasteiger partial charge in [0.1, 0.15) is 23.9 Å². The maximum Gasteiger partial charge on any atom is 0.343 e. The third-order valence-electron chi connectivity index (χ3n) is 4.67. The van der Waals surface area contributed by atoms with Crippen molar-refractivity contribution in [3.05, 3.63) is 101 Å². The van der Waals surface area contributed by atoms with Gasteiger partial charge in [0.2, 0.25) is 0 Å². The Balaban J connectivity index is 1.35. The number of thioether (sulfide) groups is 1. The van der Waals surface area contributed by atoms with Crippen molar-refractivity contribution >= 4 is 35.0 Å². The van der Waals surface area contributed by atoms with Crippen LogP contribution in [0.1, 0.15) is 15.9 Å². The summed E-state index contributed by atoms with van der Waals surface area (Å²) >= 11 is 0.863. The summed E-state index contributed by atoms with van der Waals surface area (Å²) in [6, 6.07) is 20.7. The molecule has 3 aromatic carbocycles. The Kier molecular flexibility index (Phi) is 6.85. The zero-order valence-corrected chi connectivity index (χ0v) is 18.1. The van der Waals surface area contributed by atoms with Crippen molar-refractivity contribution in [1.29, 1.82) is 0 Å². The van der Waals surface area contributed by atoms with E-state index in [4.69, 9.17) is 9.47 Å². The number of rotatable bonds is 7. The van der Waals surface area contributed by atoms with E-state index in [-0.39, 0.29) is 29.9 Å². The van der Waals surface area contributed by atoms with Crippen LogP contribution < -0.4 is 9.47 Å². The van der Waals surface area contributed by atoms with Gasteiger partial charge in [-0.2, -0.15) is 0 Å². The molecule has 0 saturated carbocycles. The number of carbonyl (C=O) groups excluding carboxylic acids is 3. The molecule has 2 amide bonds. The predicted octanol–water partition coefficient (Wildman–Crippen LogP) is 5.16. The van der Waals surface area contributed by atoms with Crippen LogP contribution in [0.5, 0.6) is 11.5 Å². The summed E-state index contributed by atoms with van der Waals surface area (Å²) in [5.74, 6) is -0.466. The third kappa shape index (κ3) is 5.67. The molecule has 1 heterocycles. The van der Waals surface area contributed by atoms with E-state index in [0.717, 1.165) is 16.7 Å². The van der Waals surface area contributed by atoms with Gasteiger partial charge in [0, 0.05) is 0 Å². The molecule has 0 bridgehead atoms. The Hall–Kier alpha value is -3.91. The second kappa shape index (κ2) is 10.1. The second-order valence-electron chi connectivity index (χ2n) is 6.96. The van der Waals surface area contributed by atoms with E-state index in [0.29, 0.717) is 22.0 Å². The van der Waals surface area contributed by atoms with E-state index in [1.165, 1.54) is 24.3 Å². The average Bonchev–Trinajstić information content (AvgIpc) is 3.09. The summed E-state index contributed by atoms with van der Waals surface area (Å²) in [6.07, 6.45) is 1.61. The number of amides is 2. The Morgan fingerprint density at radius 1 is 0.909 bits per heavy atom. The molecular formula is C25H18FNO5S. The highest BCUT2D eigenvalue weighted by molar-refractivity contribution is 8.18. The summed E-state index contributed by atoms with van der Waals surface area (Å²) in [7, 11) is 0. The van der Waals surface area contributed by atoms with Crippen molar-refractivity contribution in [3.63, 3.8) is 0 Å². The number of ether oxygens (including phenoxy) is 2. The van der Waals surface area contributed by atoms with Crippen LogP contribution in [0.2, 0.25) is 0 Å². The average molecular weight is 463 g/mol. The number of nitrogens with zero attached hydrogens (tertiary/aromatic N) is 1. The van der Waals surface area contributed by atoms with E-state index in [1.54, 1.807) is 42.5 Å². The van der Waals surface area contributed by atoms with Gasteiger partial charge in [-0.15, -0.1) is 0 Å². The van der Waals surface area contributed by atoms with Gasteiger partial charge in [-0.25, -0.2) is 9.18 Å². The number of esters is 1. The number of hydrogen-bond acceptors (Lipinski definition) is 6. The topological polar surface area (TPSA) is 72.9 Å². The molecule has 3 aromatic rings. The van der Waals surface area contributed by atoms with Crippen molar-refractivity contribution < 1.29 is 28.2 Å². The number of benzene rings is 3. The zero-order valence-electron chi connectivity index (χ0n) is 17.3. The minimum atomic E-state index is -0.610. The third-order valence-corrected chi connectivity index (χ3v) is 5.58. The van der Waals surface area contributed by atoms with E-state index >= 15 is 0 Å². The van der Waals surface area contributed by atoms with Gasteiger partial charge < -0.3 is 9.47 Å². The fraction of sp³-hybridized carbons (Fsp3) is 0.0800. The first kappa shape index (κ1) is 22.3. The number of imide groups is 1. The van der Waals surface area contributed by atoms with E-state index in [1.807, 2.05) is 18.2 Å². The molecule has 6 nitrogen and oxygen atoms in total. The molecule has 4 rings (SSSR count). The van der Waals surface area contributed by atoms with Gasteiger partial charge in [0.05, 0.1) is 17.0 Å². The maximum atomic E-state index is 13.0. The second-order valence-corrected chi connectivity index (χ2v) is 7.95. The van der Waals surface area contributed by atoms with Crippen LogP contribution in [-0.4, -0.2) is 35.2 Å². The van der Waals surface area contributed by atoms with Crippen LogP contribution >= 0.6 is 11.8 Å². The normalized spacial score (nSPS) is 14.6. The molecule has 8 heteroatoms. The van der Waals surface area contributed by atoms with Crippen LogP contribution in [0.25, 0.3) is 6.08 Å². The monoisotopic (exact) mass is 463 g/mol. The molecule has 1 aliphatic heterocycles. The highest BCUT2D eigenvalue weighted by Gasteiger charge is 2.34. The summed E-state index contributed by atoms with van der Waals surface area (Å²) < 4.78 is 23.8. The lowest BCUT2D eigenvalue weighted by Gasteiger charge is -2.13. The van der Waals surface area contributed by atoms with Crippen LogP contribution in [0.3, 0.4) is 0 Å². The molecule has 0 N–H and O–H groups in total. The van der Waals surface area contributed by atoms with Crippen LogP contribution in [0.4, 0.5) is 9.18 Å². The molecule has 0 atom stereocenters. The molecule has 1 fully saturated rings. The molecule has 0 aromatic heterocycles. The summed E-state index contributed by atoms with van der Waals surface area (Å²) in [5, 5.41) is -0.354. The first-order valence-corrected chi connectivity index (χ1v) is 10.8. The molecule has 0 unspecified atom stereocenters. The summed E-state index contributed by atoms with van der Waals surface area (Å²) in [6.45, 7) is 0.346. The highest BCUT2D eigenvalue weighted by atomic mass is 32.2. The van der Waals surface area contributed by atoms with Crippen LogP contribution in [-0.2, 0) is 4.79 Å². The Labute approximate surface area is 193 Å². The highest BCUT2D eigenvalue weighted by Crippen LogP contribution is 2.32. The van der Waals surface area contributed by atoms with Gasteiger partial charge in [-0.05, 0) is 71.9 Å². The lowest BCUT2D eigenvalue weighted by molar-refractivity contribution is -0.123. The van der Waals surface area contributed by atoms with Crippen molar-refractivity contribution in [2.24, 2.45) is 0 Å². The smallest absolute Gasteiger partial charge is 0.343 e. The number of halogens is 1. The van der Waals surface area contributed by atoms with E-state index in [2.05, 4.69) is 0 Å². The zero-order chi connectivity index (χ0) is 23.2. The SMILES string of the molecule is O=C(Oc1ccc(/C=C2\SC(=O)N(CCOc3ccccc3)C2=O)cc1)c1ccc(F)cc1. The van der Waals surface area contributed by atoms with Gasteiger partial charge in [0.25, 0.3) is 11.1 Å². The van der Waals surface area contributed by atoms with Crippen molar-refractivity contribution in [2.45, 2.75) is 0 Å². The van der Waals surface area contributed by atoms with E-state index in [9.17, 15) is 18.8 Å². The standard InChI is InChI=1S/C25H18FNO5S/c26-19-10-8-18(9-11-19)24(29)32-21-12-6-17(7-13-21)16-22-23(28)27(25(30)33-22)14-15-31-20-4-2-1-3-5-20/h1-13,16H,14-15H2/b22-16-. The fourth-order valence-corrected chi connectivity index (χ4v) is 3.86. The Bertz CT molecular complexity index is 1190. The van der Waals surface area contributed by atoms with Crippen molar-refractivity contribution in [1.82, 2.24) is 4.90 Å². The number of carbonyl (C=O) groups is 3. The molecule has 0 radical (unpaired) electrons. The van der Waals surface area contributed by atoms with Crippen LogP contribution in [0, 0.1) is 5.82 Å². The first-order valence-electron chi connectivity index (χ1n) is 10.0. The van der Waals surface area contributed by atoms with Gasteiger partial charge in [0.15, 0.2) is 0 Å². The minimum Gasteiger partial charge on any atom is -0.492 e.